The monoisotopic (exact) mass is 350 g/mol. The minimum Gasteiger partial charge on any atom is -0.497 e. The van der Waals surface area contributed by atoms with Crippen molar-refractivity contribution in [2.75, 3.05) is 17.7 Å². The van der Waals surface area contributed by atoms with Crippen LogP contribution in [0.1, 0.15) is 31.4 Å². The minimum absolute atomic E-state index is 0.0103. The van der Waals surface area contributed by atoms with Crippen molar-refractivity contribution in [1.82, 2.24) is 0 Å². The van der Waals surface area contributed by atoms with Crippen molar-refractivity contribution in [3.05, 3.63) is 59.7 Å². The van der Waals surface area contributed by atoms with Gasteiger partial charge < -0.3 is 15.4 Å². The normalized spacial score (nSPS) is 15.3. The first-order valence-electron chi connectivity index (χ1n) is 8.45. The topological polar surface area (TPSA) is 67.4 Å². The second-order valence-electron chi connectivity index (χ2n) is 6.97. The van der Waals surface area contributed by atoms with Crippen LogP contribution in [0.15, 0.2) is 48.5 Å². The van der Waals surface area contributed by atoms with Crippen LogP contribution in [0.3, 0.4) is 0 Å². The van der Waals surface area contributed by atoms with Gasteiger partial charge in [0.05, 0.1) is 7.11 Å². The second kappa shape index (κ2) is 7.04. The smallest absolute Gasteiger partial charge is 0.248 e. The van der Waals surface area contributed by atoms with Crippen LogP contribution in [0, 0.1) is 0 Å². The van der Waals surface area contributed by atoms with Crippen LogP contribution in [0.5, 0.6) is 5.75 Å². The van der Waals surface area contributed by atoms with E-state index in [1.807, 2.05) is 50.2 Å². The molecule has 3 rings (SSSR count). The average Bonchev–Trinajstić information content (AvgIpc) is 2.59. The Morgan fingerprint density at radius 1 is 1.23 bits per heavy atom. The van der Waals surface area contributed by atoms with Crippen LogP contribution in [-0.4, -0.2) is 18.9 Å². The Morgan fingerprint density at radius 3 is 2.81 bits per heavy atom. The third kappa shape index (κ3) is 3.94. The van der Waals surface area contributed by atoms with E-state index in [9.17, 15) is 9.59 Å². The lowest BCUT2D eigenvalue weighted by Gasteiger charge is -2.32. The molecule has 5 heteroatoms. The molecule has 0 aromatic heterocycles. The highest BCUT2D eigenvalue weighted by Crippen LogP contribution is 2.38. The highest BCUT2D eigenvalue weighted by molar-refractivity contribution is 6.03. The molecular weight excluding hydrogens is 328 g/mol. The van der Waals surface area contributed by atoms with Gasteiger partial charge in [-0.1, -0.05) is 32.0 Å². The summed E-state index contributed by atoms with van der Waals surface area (Å²) in [5.41, 5.74) is 3.12. The van der Waals surface area contributed by atoms with E-state index in [1.165, 1.54) is 6.08 Å². The lowest BCUT2D eigenvalue weighted by molar-refractivity contribution is -0.117. The molecule has 134 valence electrons. The van der Waals surface area contributed by atoms with Crippen molar-refractivity contribution < 1.29 is 14.3 Å². The van der Waals surface area contributed by atoms with E-state index >= 15 is 0 Å². The van der Waals surface area contributed by atoms with Gasteiger partial charge in [-0.05, 0) is 41.5 Å². The number of methoxy groups -OCH3 is 1. The fraction of sp³-hybridized carbons (Fsp3) is 0.238. The summed E-state index contributed by atoms with van der Waals surface area (Å²) in [5, 5.41) is 5.70. The zero-order valence-electron chi connectivity index (χ0n) is 15.1. The molecule has 2 aromatic rings. The van der Waals surface area contributed by atoms with Gasteiger partial charge in [0.15, 0.2) is 0 Å². The van der Waals surface area contributed by atoms with Gasteiger partial charge in [0, 0.05) is 29.3 Å². The highest BCUT2D eigenvalue weighted by Gasteiger charge is 2.31. The summed E-state index contributed by atoms with van der Waals surface area (Å²) < 4.78 is 5.17. The summed E-state index contributed by atoms with van der Waals surface area (Å²) in [4.78, 5) is 24.1. The summed E-state index contributed by atoms with van der Waals surface area (Å²) in [6, 6.07) is 13.1. The predicted octanol–water partition coefficient (Wildman–Crippen LogP) is 3.97. The number of benzene rings is 2. The van der Waals surface area contributed by atoms with Crippen LogP contribution < -0.4 is 15.4 Å². The van der Waals surface area contributed by atoms with Gasteiger partial charge in [0.2, 0.25) is 11.8 Å². The Kier molecular flexibility index (Phi) is 4.80. The van der Waals surface area contributed by atoms with Gasteiger partial charge in [-0.15, -0.1) is 0 Å². The first-order chi connectivity index (χ1) is 12.4. The molecule has 1 aliphatic rings. The molecule has 0 bridgehead atoms. The maximum Gasteiger partial charge on any atom is 0.248 e. The molecule has 0 radical (unpaired) electrons. The predicted molar refractivity (Wildman–Crippen MR) is 103 cm³/mol. The Balaban J connectivity index is 1.73. The molecule has 2 amide bonds. The molecule has 0 unspecified atom stereocenters. The second-order valence-corrected chi connectivity index (χ2v) is 6.97. The number of anilines is 2. The molecule has 0 fully saturated rings. The van der Waals surface area contributed by atoms with Crippen molar-refractivity contribution in [3.8, 4) is 5.75 Å². The van der Waals surface area contributed by atoms with E-state index in [2.05, 4.69) is 10.6 Å². The molecule has 1 heterocycles. The SMILES string of the molecule is COc1cccc(C=CC(=O)Nc2ccc3c(c2)NC(=O)CC3(C)C)c1. The minimum atomic E-state index is -0.242. The third-order valence-electron chi connectivity index (χ3n) is 4.41. The summed E-state index contributed by atoms with van der Waals surface area (Å²) in [7, 11) is 1.60. The molecule has 0 atom stereocenters. The maximum atomic E-state index is 12.2. The maximum absolute atomic E-state index is 12.2. The van der Waals surface area contributed by atoms with Gasteiger partial charge in [-0.25, -0.2) is 0 Å². The van der Waals surface area contributed by atoms with Crippen molar-refractivity contribution >= 4 is 29.3 Å². The van der Waals surface area contributed by atoms with Crippen LogP contribution in [0.25, 0.3) is 6.08 Å². The summed E-state index contributed by atoms with van der Waals surface area (Å²) in [6.45, 7) is 4.08. The zero-order chi connectivity index (χ0) is 18.7. The molecule has 26 heavy (non-hydrogen) atoms. The number of hydrogen-bond donors (Lipinski definition) is 2. The Bertz CT molecular complexity index is 885. The molecule has 2 N–H and O–H groups in total. The van der Waals surface area contributed by atoms with E-state index < -0.39 is 0 Å². The van der Waals surface area contributed by atoms with Crippen molar-refractivity contribution in [2.24, 2.45) is 0 Å². The first-order valence-corrected chi connectivity index (χ1v) is 8.45. The van der Waals surface area contributed by atoms with Crippen molar-refractivity contribution in [1.29, 1.82) is 0 Å². The third-order valence-corrected chi connectivity index (χ3v) is 4.41. The Morgan fingerprint density at radius 2 is 2.04 bits per heavy atom. The number of fused-ring (bicyclic) bond motifs is 1. The number of nitrogens with one attached hydrogen (secondary N) is 2. The summed E-state index contributed by atoms with van der Waals surface area (Å²) in [5.74, 6) is 0.485. The number of rotatable bonds is 4. The van der Waals surface area contributed by atoms with E-state index in [0.717, 1.165) is 22.6 Å². The molecule has 2 aromatic carbocycles. The molecule has 1 aliphatic heterocycles. The lowest BCUT2D eigenvalue weighted by Crippen LogP contribution is -2.32. The molecule has 0 aliphatic carbocycles. The largest absolute Gasteiger partial charge is 0.497 e. The van der Waals surface area contributed by atoms with E-state index in [0.29, 0.717) is 12.1 Å². The van der Waals surface area contributed by atoms with Gasteiger partial charge in [0.1, 0.15) is 5.75 Å². The van der Waals surface area contributed by atoms with Crippen molar-refractivity contribution in [3.63, 3.8) is 0 Å². The fourth-order valence-electron chi connectivity index (χ4n) is 3.11. The zero-order valence-corrected chi connectivity index (χ0v) is 15.1. The molecule has 5 nitrogen and oxygen atoms in total. The Hall–Kier alpha value is -3.08. The van der Waals surface area contributed by atoms with Gasteiger partial charge in [0.25, 0.3) is 0 Å². The van der Waals surface area contributed by atoms with E-state index in [-0.39, 0.29) is 17.2 Å². The number of amides is 2. The molecule has 0 saturated carbocycles. The van der Waals surface area contributed by atoms with Gasteiger partial charge >= 0.3 is 0 Å². The van der Waals surface area contributed by atoms with Crippen LogP contribution in [0.2, 0.25) is 0 Å². The highest BCUT2D eigenvalue weighted by atomic mass is 16.5. The summed E-state index contributed by atoms with van der Waals surface area (Å²) >= 11 is 0. The fourth-order valence-corrected chi connectivity index (χ4v) is 3.11. The average molecular weight is 350 g/mol. The molecule has 0 spiro atoms. The van der Waals surface area contributed by atoms with Crippen LogP contribution in [0.4, 0.5) is 11.4 Å². The number of ether oxygens (including phenoxy) is 1. The standard InChI is InChI=1S/C21H22N2O3/c1-21(2)13-20(25)23-18-12-15(8-9-17(18)21)22-19(24)10-7-14-5-4-6-16(11-14)26-3/h4-12H,13H2,1-3H3,(H,22,24)(H,23,25). The number of carbonyl (C=O) groups excluding carboxylic acids is 2. The number of hydrogen-bond acceptors (Lipinski definition) is 3. The van der Waals surface area contributed by atoms with Crippen molar-refractivity contribution in [2.45, 2.75) is 25.7 Å². The van der Waals surface area contributed by atoms with E-state index in [1.54, 1.807) is 19.3 Å². The Labute approximate surface area is 153 Å². The summed E-state index contributed by atoms with van der Waals surface area (Å²) in [6.07, 6.45) is 3.65. The quantitative estimate of drug-likeness (QED) is 0.820. The van der Waals surface area contributed by atoms with Crippen LogP contribution >= 0.6 is 0 Å². The van der Waals surface area contributed by atoms with Gasteiger partial charge in [-0.2, -0.15) is 0 Å². The van der Waals surface area contributed by atoms with Crippen LogP contribution in [-0.2, 0) is 15.0 Å². The first kappa shape index (κ1) is 17.7. The lowest BCUT2D eigenvalue weighted by atomic mass is 9.78. The number of carbonyl (C=O) groups is 2. The molecular formula is C21H22N2O3. The molecule has 0 saturated heterocycles. The van der Waals surface area contributed by atoms with E-state index in [4.69, 9.17) is 4.74 Å². The van der Waals surface area contributed by atoms with Gasteiger partial charge in [-0.3, -0.25) is 9.59 Å².